The number of hydrogen-bond acceptors (Lipinski definition) is 6. The van der Waals surface area contributed by atoms with Gasteiger partial charge in [-0.05, 0) is 32.9 Å². The van der Waals surface area contributed by atoms with Gasteiger partial charge in [0.1, 0.15) is 11.4 Å². The van der Waals surface area contributed by atoms with Crippen LogP contribution < -0.4 is 5.32 Å². The van der Waals surface area contributed by atoms with Crippen molar-refractivity contribution in [3.05, 3.63) is 36.0 Å². The highest BCUT2D eigenvalue weighted by molar-refractivity contribution is 5.69. The highest BCUT2D eigenvalue weighted by atomic mass is 19.1. The first-order chi connectivity index (χ1) is 11.3. The number of hydrogen-bond donors (Lipinski definition) is 1. The minimum atomic E-state index is -0.930. The number of nitrogens with one attached hydrogen (secondary N) is 1. The monoisotopic (exact) mass is 335 g/mol. The van der Waals surface area contributed by atoms with Crippen molar-refractivity contribution in [2.24, 2.45) is 0 Å². The number of benzene rings is 1. The van der Waals surface area contributed by atoms with Crippen molar-refractivity contribution in [1.82, 2.24) is 15.5 Å². The minimum absolute atomic E-state index is 0.191. The van der Waals surface area contributed by atoms with E-state index >= 15 is 0 Å². The van der Waals surface area contributed by atoms with Gasteiger partial charge in [-0.1, -0.05) is 17.3 Å². The summed E-state index contributed by atoms with van der Waals surface area (Å²) in [4.78, 5) is 16.3. The molecule has 0 saturated carbocycles. The van der Waals surface area contributed by atoms with E-state index in [1.807, 2.05) is 0 Å². The van der Waals surface area contributed by atoms with Gasteiger partial charge in [0, 0.05) is 5.56 Å². The maximum absolute atomic E-state index is 13.3. The zero-order valence-corrected chi connectivity index (χ0v) is 13.6. The summed E-state index contributed by atoms with van der Waals surface area (Å²) < 4.78 is 29.0. The highest BCUT2D eigenvalue weighted by Gasteiger charge is 2.48. The van der Waals surface area contributed by atoms with Gasteiger partial charge in [-0.25, -0.2) is 9.18 Å². The first-order valence-electron chi connectivity index (χ1n) is 7.46. The van der Waals surface area contributed by atoms with E-state index in [9.17, 15) is 9.18 Å². The molecule has 1 aromatic carbocycles. The lowest BCUT2D eigenvalue weighted by atomic mass is 9.97. The van der Waals surface area contributed by atoms with E-state index < -0.39 is 23.1 Å². The van der Waals surface area contributed by atoms with E-state index in [1.165, 1.54) is 12.1 Å². The summed E-state index contributed by atoms with van der Waals surface area (Å²) in [7, 11) is 0. The lowest BCUT2D eigenvalue weighted by Crippen LogP contribution is -2.60. The number of amides is 1. The third-order valence-corrected chi connectivity index (χ3v) is 3.36. The van der Waals surface area contributed by atoms with Crippen molar-refractivity contribution in [2.45, 2.75) is 31.9 Å². The van der Waals surface area contributed by atoms with Gasteiger partial charge in [0.25, 0.3) is 5.89 Å². The van der Waals surface area contributed by atoms with Crippen LogP contribution >= 0.6 is 0 Å². The van der Waals surface area contributed by atoms with Gasteiger partial charge in [0.2, 0.25) is 5.82 Å². The van der Waals surface area contributed by atoms with Crippen LogP contribution in [0.3, 0.4) is 0 Å². The summed E-state index contributed by atoms with van der Waals surface area (Å²) in [5, 5.41) is 6.58. The molecular formula is C16H18FN3O4. The Hall–Kier alpha value is -2.48. The van der Waals surface area contributed by atoms with Crippen molar-refractivity contribution >= 4 is 6.09 Å². The molecule has 24 heavy (non-hydrogen) atoms. The molecular weight excluding hydrogens is 317 g/mol. The van der Waals surface area contributed by atoms with Gasteiger partial charge in [0.05, 0.1) is 13.2 Å². The van der Waals surface area contributed by atoms with E-state index in [1.54, 1.807) is 32.9 Å². The average molecular weight is 335 g/mol. The van der Waals surface area contributed by atoms with Crippen molar-refractivity contribution in [2.75, 3.05) is 13.2 Å². The number of alkyl carbamates (subject to hydrolysis) is 1. The molecule has 1 saturated heterocycles. The molecule has 1 aromatic heterocycles. The van der Waals surface area contributed by atoms with Gasteiger partial charge in [-0.2, -0.15) is 4.98 Å². The largest absolute Gasteiger partial charge is 0.444 e. The molecule has 0 radical (unpaired) electrons. The van der Waals surface area contributed by atoms with Crippen LogP contribution in [0.4, 0.5) is 9.18 Å². The summed E-state index contributed by atoms with van der Waals surface area (Å²) in [6, 6.07) is 5.86. The molecule has 1 N–H and O–H groups in total. The molecule has 128 valence electrons. The Morgan fingerprint density at radius 2 is 2.12 bits per heavy atom. The van der Waals surface area contributed by atoms with Crippen LogP contribution in [0, 0.1) is 5.82 Å². The fourth-order valence-corrected chi connectivity index (χ4v) is 2.22. The number of aromatic nitrogens is 2. The molecule has 1 aliphatic rings. The maximum Gasteiger partial charge on any atom is 0.408 e. The fraction of sp³-hybridized carbons (Fsp3) is 0.438. The van der Waals surface area contributed by atoms with E-state index in [0.717, 1.165) is 0 Å². The molecule has 2 aromatic rings. The van der Waals surface area contributed by atoms with Gasteiger partial charge in [-0.3, -0.25) is 0 Å². The SMILES string of the molecule is CC(C)(C)OC(=O)NC1(c2nc(-c3cccc(F)c3)no2)COC1. The zero-order valence-electron chi connectivity index (χ0n) is 13.6. The summed E-state index contributed by atoms with van der Waals surface area (Å²) in [5.74, 6) is 0.0352. The van der Waals surface area contributed by atoms with Gasteiger partial charge in [0.15, 0.2) is 5.54 Å². The summed E-state index contributed by atoms with van der Waals surface area (Å²) in [6.45, 7) is 5.69. The zero-order chi connectivity index (χ0) is 17.4. The first-order valence-corrected chi connectivity index (χ1v) is 7.46. The number of nitrogens with zero attached hydrogens (tertiary/aromatic N) is 2. The first kappa shape index (κ1) is 16.4. The lowest BCUT2D eigenvalue weighted by molar-refractivity contribution is -0.0933. The summed E-state index contributed by atoms with van der Waals surface area (Å²) in [5.41, 5.74) is -1.07. The lowest BCUT2D eigenvalue weighted by Gasteiger charge is -2.38. The second kappa shape index (κ2) is 5.86. The van der Waals surface area contributed by atoms with Crippen LogP contribution in [0.2, 0.25) is 0 Å². The molecule has 8 heteroatoms. The van der Waals surface area contributed by atoms with Gasteiger partial charge >= 0.3 is 6.09 Å². The van der Waals surface area contributed by atoms with Crippen LogP contribution in [-0.2, 0) is 15.0 Å². The Bertz CT molecular complexity index is 750. The van der Waals surface area contributed by atoms with Crippen LogP contribution in [0.1, 0.15) is 26.7 Å². The quantitative estimate of drug-likeness (QED) is 0.928. The predicted octanol–water partition coefficient (Wildman–Crippen LogP) is 2.63. The molecule has 7 nitrogen and oxygen atoms in total. The molecule has 1 amide bonds. The van der Waals surface area contributed by atoms with Crippen LogP contribution in [0.15, 0.2) is 28.8 Å². The molecule has 0 unspecified atom stereocenters. The second-order valence-electron chi connectivity index (χ2n) is 6.64. The van der Waals surface area contributed by atoms with Crippen LogP contribution in [-0.4, -0.2) is 35.0 Å². The Labute approximate surface area is 138 Å². The predicted molar refractivity (Wildman–Crippen MR) is 81.6 cm³/mol. The van der Waals surface area contributed by atoms with E-state index in [0.29, 0.717) is 5.56 Å². The smallest absolute Gasteiger partial charge is 0.408 e. The molecule has 0 atom stereocenters. The minimum Gasteiger partial charge on any atom is -0.444 e. The number of halogens is 1. The maximum atomic E-state index is 13.3. The molecule has 2 heterocycles. The van der Waals surface area contributed by atoms with E-state index in [-0.39, 0.29) is 24.9 Å². The van der Waals surface area contributed by atoms with Crippen LogP contribution in [0.5, 0.6) is 0 Å². The fourth-order valence-electron chi connectivity index (χ4n) is 2.22. The van der Waals surface area contributed by atoms with E-state index in [4.69, 9.17) is 14.0 Å². The average Bonchev–Trinajstić information content (AvgIpc) is 2.91. The third-order valence-electron chi connectivity index (χ3n) is 3.36. The van der Waals surface area contributed by atoms with Gasteiger partial charge in [-0.15, -0.1) is 0 Å². The number of rotatable bonds is 3. The second-order valence-corrected chi connectivity index (χ2v) is 6.64. The molecule has 0 bridgehead atoms. The Kier molecular flexibility index (Phi) is 4.00. The number of carbonyl (C=O) groups excluding carboxylic acids is 1. The third kappa shape index (κ3) is 3.38. The molecule has 1 fully saturated rings. The normalized spacial score (nSPS) is 16.3. The molecule has 1 aliphatic heterocycles. The highest BCUT2D eigenvalue weighted by Crippen LogP contribution is 2.30. The Morgan fingerprint density at radius 1 is 1.38 bits per heavy atom. The number of carbonyl (C=O) groups is 1. The molecule has 0 spiro atoms. The Morgan fingerprint density at radius 3 is 2.71 bits per heavy atom. The van der Waals surface area contributed by atoms with Crippen molar-refractivity contribution in [3.8, 4) is 11.4 Å². The Balaban J connectivity index is 1.80. The van der Waals surface area contributed by atoms with E-state index in [2.05, 4.69) is 15.5 Å². The standard InChI is InChI=1S/C16H18FN3O4/c1-15(2,3)23-14(21)19-16(8-22-9-16)13-18-12(20-24-13)10-5-4-6-11(17)7-10/h4-7H,8-9H2,1-3H3,(H,19,21). The topological polar surface area (TPSA) is 86.5 Å². The molecule has 3 rings (SSSR count). The van der Waals surface area contributed by atoms with Crippen molar-refractivity contribution in [3.63, 3.8) is 0 Å². The summed E-state index contributed by atoms with van der Waals surface area (Å²) in [6.07, 6.45) is -0.601. The number of ether oxygens (including phenoxy) is 2. The van der Waals surface area contributed by atoms with Crippen molar-refractivity contribution < 1.29 is 23.2 Å². The molecule has 0 aliphatic carbocycles. The summed E-state index contributed by atoms with van der Waals surface area (Å²) >= 11 is 0. The van der Waals surface area contributed by atoms with Crippen LogP contribution in [0.25, 0.3) is 11.4 Å². The van der Waals surface area contributed by atoms with Gasteiger partial charge < -0.3 is 19.3 Å². The van der Waals surface area contributed by atoms with Crippen molar-refractivity contribution in [1.29, 1.82) is 0 Å².